The van der Waals surface area contributed by atoms with E-state index < -0.39 is 5.97 Å². The quantitative estimate of drug-likeness (QED) is 0.792. The third-order valence-electron chi connectivity index (χ3n) is 3.07. The van der Waals surface area contributed by atoms with Crippen molar-refractivity contribution in [3.05, 3.63) is 30.1 Å². The molecule has 1 heterocycles. The lowest BCUT2D eigenvalue weighted by Gasteiger charge is -2.27. The summed E-state index contributed by atoms with van der Waals surface area (Å²) in [5.74, 6) is -1.01. The molecule has 0 aliphatic rings. The fourth-order valence-electron chi connectivity index (χ4n) is 1.74. The van der Waals surface area contributed by atoms with Gasteiger partial charge in [-0.1, -0.05) is 13.0 Å². The third-order valence-corrected chi connectivity index (χ3v) is 3.07. The average molecular weight is 279 g/mol. The minimum Gasteiger partial charge on any atom is -0.480 e. The highest BCUT2D eigenvalue weighted by Gasteiger charge is 2.20. The van der Waals surface area contributed by atoms with Crippen molar-refractivity contribution in [2.45, 2.75) is 32.7 Å². The molecule has 0 bridgehead atoms. The zero-order valence-corrected chi connectivity index (χ0v) is 11.9. The molecular weight excluding hydrogens is 258 g/mol. The zero-order chi connectivity index (χ0) is 15.0. The van der Waals surface area contributed by atoms with E-state index in [0.717, 1.165) is 5.69 Å². The van der Waals surface area contributed by atoms with Crippen LogP contribution in [0.4, 0.5) is 4.79 Å². The SMILES string of the molecule is CCC(C)N(CC(=O)O)C(=O)NCCc1ccccn1. The van der Waals surface area contributed by atoms with E-state index in [-0.39, 0.29) is 18.6 Å². The summed E-state index contributed by atoms with van der Waals surface area (Å²) in [4.78, 5) is 28.3. The van der Waals surface area contributed by atoms with E-state index in [1.165, 1.54) is 4.90 Å². The molecule has 1 rings (SSSR count). The van der Waals surface area contributed by atoms with Crippen LogP contribution in [0.5, 0.6) is 0 Å². The number of hydrogen-bond donors (Lipinski definition) is 2. The summed E-state index contributed by atoms with van der Waals surface area (Å²) in [5, 5.41) is 11.6. The fraction of sp³-hybridized carbons (Fsp3) is 0.500. The number of amides is 2. The molecule has 0 saturated carbocycles. The number of rotatable bonds is 7. The summed E-state index contributed by atoms with van der Waals surface area (Å²) in [5.41, 5.74) is 0.890. The molecule has 0 aliphatic carbocycles. The minimum absolute atomic E-state index is 0.110. The largest absolute Gasteiger partial charge is 0.480 e. The molecule has 1 aromatic heterocycles. The van der Waals surface area contributed by atoms with Crippen LogP contribution in [0.2, 0.25) is 0 Å². The smallest absolute Gasteiger partial charge is 0.323 e. The first-order valence-electron chi connectivity index (χ1n) is 6.70. The number of urea groups is 1. The van der Waals surface area contributed by atoms with Gasteiger partial charge in [0.1, 0.15) is 6.54 Å². The van der Waals surface area contributed by atoms with Crippen molar-refractivity contribution in [1.82, 2.24) is 15.2 Å². The van der Waals surface area contributed by atoms with Crippen LogP contribution in [-0.2, 0) is 11.2 Å². The lowest BCUT2D eigenvalue weighted by atomic mass is 10.2. The Morgan fingerprint density at radius 2 is 2.20 bits per heavy atom. The van der Waals surface area contributed by atoms with Crippen LogP contribution in [0, 0.1) is 0 Å². The van der Waals surface area contributed by atoms with Crippen molar-refractivity contribution in [1.29, 1.82) is 0 Å². The van der Waals surface area contributed by atoms with Gasteiger partial charge in [0.2, 0.25) is 0 Å². The number of pyridine rings is 1. The molecule has 1 unspecified atom stereocenters. The van der Waals surface area contributed by atoms with Crippen LogP contribution in [-0.4, -0.2) is 46.1 Å². The summed E-state index contributed by atoms with van der Waals surface area (Å²) in [6.07, 6.45) is 3.03. The summed E-state index contributed by atoms with van der Waals surface area (Å²) >= 11 is 0. The van der Waals surface area contributed by atoms with E-state index in [0.29, 0.717) is 19.4 Å². The van der Waals surface area contributed by atoms with Gasteiger partial charge in [0, 0.05) is 30.9 Å². The Balaban J connectivity index is 2.47. The predicted molar refractivity (Wildman–Crippen MR) is 75.4 cm³/mol. The van der Waals surface area contributed by atoms with Crippen molar-refractivity contribution < 1.29 is 14.7 Å². The number of nitrogens with zero attached hydrogens (tertiary/aromatic N) is 2. The van der Waals surface area contributed by atoms with Crippen LogP contribution in [0.3, 0.4) is 0 Å². The Morgan fingerprint density at radius 1 is 1.45 bits per heavy atom. The maximum atomic E-state index is 12.0. The Morgan fingerprint density at radius 3 is 2.75 bits per heavy atom. The highest BCUT2D eigenvalue weighted by atomic mass is 16.4. The Labute approximate surface area is 118 Å². The molecule has 0 aliphatic heterocycles. The number of aliphatic carboxylic acids is 1. The molecule has 6 nitrogen and oxygen atoms in total. The lowest BCUT2D eigenvalue weighted by Crippen LogP contribution is -2.47. The molecule has 0 spiro atoms. The number of carboxylic acids is 1. The van der Waals surface area contributed by atoms with Crippen LogP contribution < -0.4 is 5.32 Å². The minimum atomic E-state index is -1.01. The maximum absolute atomic E-state index is 12.0. The predicted octanol–water partition coefficient (Wildman–Crippen LogP) is 1.52. The summed E-state index contributed by atoms with van der Waals surface area (Å²) in [7, 11) is 0. The highest BCUT2D eigenvalue weighted by Crippen LogP contribution is 2.03. The summed E-state index contributed by atoms with van der Waals surface area (Å²) in [6.45, 7) is 3.90. The molecule has 2 amide bonds. The molecule has 2 N–H and O–H groups in total. The lowest BCUT2D eigenvalue weighted by molar-refractivity contribution is -0.138. The first-order valence-corrected chi connectivity index (χ1v) is 6.70. The van der Waals surface area contributed by atoms with E-state index in [2.05, 4.69) is 10.3 Å². The molecule has 110 valence electrons. The van der Waals surface area contributed by atoms with E-state index in [9.17, 15) is 9.59 Å². The summed E-state index contributed by atoms with van der Waals surface area (Å²) in [6, 6.07) is 5.15. The number of carbonyl (C=O) groups excluding carboxylic acids is 1. The Bertz CT molecular complexity index is 437. The van der Waals surface area contributed by atoms with Gasteiger partial charge in [0.05, 0.1) is 0 Å². The van der Waals surface area contributed by atoms with Gasteiger partial charge in [-0.25, -0.2) is 4.79 Å². The maximum Gasteiger partial charge on any atom is 0.323 e. The Hall–Kier alpha value is -2.11. The van der Waals surface area contributed by atoms with Crippen molar-refractivity contribution in [2.24, 2.45) is 0 Å². The highest BCUT2D eigenvalue weighted by molar-refractivity contribution is 5.80. The van der Waals surface area contributed by atoms with Gasteiger partial charge in [0.15, 0.2) is 0 Å². The number of carbonyl (C=O) groups is 2. The second-order valence-corrected chi connectivity index (χ2v) is 4.58. The second-order valence-electron chi connectivity index (χ2n) is 4.58. The summed E-state index contributed by atoms with van der Waals surface area (Å²) < 4.78 is 0. The monoisotopic (exact) mass is 279 g/mol. The molecule has 6 heteroatoms. The molecule has 0 radical (unpaired) electrons. The van der Waals surface area contributed by atoms with Crippen LogP contribution in [0.15, 0.2) is 24.4 Å². The van der Waals surface area contributed by atoms with Gasteiger partial charge in [-0.3, -0.25) is 9.78 Å². The standard InChI is InChI=1S/C14H21N3O3/c1-3-11(2)17(10-13(18)19)14(20)16-9-7-12-6-4-5-8-15-12/h4-6,8,11H,3,7,9-10H2,1-2H3,(H,16,20)(H,18,19). The average Bonchev–Trinajstić information content (AvgIpc) is 2.44. The molecule has 1 aromatic rings. The van der Waals surface area contributed by atoms with Gasteiger partial charge in [-0.05, 0) is 25.5 Å². The molecular formula is C14H21N3O3. The van der Waals surface area contributed by atoms with E-state index in [1.807, 2.05) is 32.0 Å². The molecule has 0 fully saturated rings. The number of aromatic nitrogens is 1. The van der Waals surface area contributed by atoms with Crippen molar-refractivity contribution >= 4 is 12.0 Å². The van der Waals surface area contributed by atoms with Crippen molar-refractivity contribution in [3.8, 4) is 0 Å². The molecule has 0 saturated heterocycles. The Kier molecular flexibility index (Phi) is 6.49. The van der Waals surface area contributed by atoms with E-state index in [4.69, 9.17) is 5.11 Å². The molecule has 1 atom stereocenters. The van der Waals surface area contributed by atoms with E-state index in [1.54, 1.807) is 6.20 Å². The van der Waals surface area contributed by atoms with Crippen LogP contribution in [0.25, 0.3) is 0 Å². The number of carboxylic acid groups (broad SMARTS) is 1. The second kappa shape index (κ2) is 8.14. The molecule has 20 heavy (non-hydrogen) atoms. The number of nitrogens with one attached hydrogen (secondary N) is 1. The van der Waals surface area contributed by atoms with Gasteiger partial charge in [-0.15, -0.1) is 0 Å². The van der Waals surface area contributed by atoms with Gasteiger partial charge < -0.3 is 15.3 Å². The van der Waals surface area contributed by atoms with Crippen LogP contribution >= 0.6 is 0 Å². The van der Waals surface area contributed by atoms with Crippen LogP contribution in [0.1, 0.15) is 26.0 Å². The first kappa shape index (κ1) is 15.9. The van der Waals surface area contributed by atoms with Gasteiger partial charge >= 0.3 is 12.0 Å². The molecule has 0 aromatic carbocycles. The zero-order valence-electron chi connectivity index (χ0n) is 11.9. The van der Waals surface area contributed by atoms with Crippen molar-refractivity contribution in [3.63, 3.8) is 0 Å². The fourth-order valence-corrected chi connectivity index (χ4v) is 1.74. The normalized spacial score (nSPS) is 11.7. The van der Waals surface area contributed by atoms with Gasteiger partial charge in [-0.2, -0.15) is 0 Å². The first-order chi connectivity index (χ1) is 9.54. The van der Waals surface area contributed by atoms with Crippen molar-refractivity contribution in [2.75, 3.05) is 13.1 Å². The van der Waals surface area contributed by atoms with E-state index >= 15 is 0 Å². The van der Waals surface area contributed by atoms with Gasteiger partial charge in [0.25, 0.3) is 0 Å². The topological polar surface area (TPSA) is 82.5 Å². The third kappa shape index (κ3) is 5.26. The number of hydrogen-bond acceptors (Lipinski definition) is 3.